The van der Waals surface area contributed by atoms with Gasteiger partial charge in [-0.25, -0.2) is 0 Å². The third kappa shape index (κ3) is 7.11. The lowest BCUT2D eigenvalue weighted by Crippen LogP contribution is -2.46. The van der Waals surface area contributed by atoms with Gasteiger partial charge in [-0.3, -0.25) is 9.79 Å². The summed E-state index contributed by atoms with van der Waals surface area (Å²) in [6.07, 6.45) is 5.24. The summed E-state index contributed by atoms with van der Waals surface area (Å²) in [5.74, 6) is 2.34. The van der Waals surface area contributed by atoms with Gasteiger partial charge >= 0.3 is 0 Å². The van der Waals surface area contributed by atoms with E-state index in [1.165, 1.54) is 25.7 Å². The molecule has 0 radical (unpaired) electrons. The minimum Gasteiger partial charge on any atom is -0.383 e. The molecule has 1 amide bonds. The fraction of sp³-hybridized carbons (Fsp3) is 0.875. The summed E-state index contributed by atoms with van der Waals surface area (Å²) in [6, 6.07) is 0. The Morgan fingerprint density at radius 2 is 1.95 bits per heavy atom. The third-order valence-corrected chi connectivity index (χ3v) is 4.28. The van der Waals surface area contributed by atoms with E-state index in [0.29, 0.717) is 13.2 Å². The molecule has 6 heteroatoms. The van der Waals surface area contributed by atoms with Gasteiger partial charge in [-0.1, -0.05) is 19.8 Å². The maximum atomic E-state index is 11.7. The number of carbonyl (C=O) groups excluding carboxylic acids is 1. The molecule has 2 N–H and O–H groups in total. The molecular formula is C16H32N4O2. The molecular weight excluding hydrogens is 280 g/mol. The van der Waals surface area contributed by atoms with Crippen molar-refractivity contribution < 1.29 is 9.53 Å². The van der Waals surface area contributed by atoms with E-state index < -0.39 is 0 Å². The first-order valence-electron chi connectivity index (χ1n) is 8.24. The molecule has 0 saturated heterocycles. The molecule has 22 heavy (non-hydrogen) atoms. The van der Waals surface area contributed by atoms with Crippen LogP contribution in [0.2, 0.25) is 0 Å². The molecule has 1 fully saturated rings. The van der Waals surface area contributed by atoms with E-state index in [2.05, 4.69) is 27.4 Å². The highest BCUT2D eigenvalue weighted by Gasteiger charge is 2.20. The van der Waals surface area contributed by atoms with Gasteiger partial charge in [0.05, 0.1) is 13.2 Å². The standard InChI is InChI=1S/C16H32N4O2/c1-13-5-7-14(8-6-13)12-20(3)16(17-2)19-11-15(21)18-9-10-22-4/h13-14H,5-12H2,1-4H3,(H,17,19)(H,18,21). The normalized spacial score (nSPS) is 22.3. The van der Waals surface area contributed by atoms with E-state index in [4.69, 9.17) is 4.74 Å². The predicted molar refractivity (Wildman–Crippen MR) is 90.0 cm³/mol. The Bertz CT molecular complexity index is 352. The SMILES string of the molecule is CN=C(NCC(=O)NCCOC)N(C)CC1CCC(C)CC1. The van der Waals surface area contributed by atoms with Crippen molar-refractivity contribution in [3.8, 4) is 0 Å². The molecule has 6 nitrogen and oxygen atoms in total. The van der Waals surface area contributed by atoms with Gasteiger partial charge in [0.15, 0.2) is 5.96 Å². The van der Waals surface area contributed by atoms with Crippen molar-refractivity contribution in [1.82, 2.24) is 15.5 Å². The zero-order valence-electron chi connectivity index (χ0n) is 14.5. The molecule has 0 heterocycles. The monoisotopic (exact) mass is 312 g/mol. The second-order valence-electron chi connectivity index (χ2n) is 6.25. The van der Waals surface area contributed by atoms with E-state index in [1.54, 1.807) is 14.2 Å². The Hall–Kier alpha value is -1.30. The van der Waals surface area contributed by atoms with Crippen LogP contribution in [0.1, 0.15) is 32.6 Å². The minimum absolute atomic E-state index is 0.0434. The second kappa shape index (κ2) is 10.4. The lowest BCUT2D eigenvalue weighted by Gasteiger charge is -2.31. The fourth-order valence-electron chi connectivity index (χ4n) is 2.88. The molecule has 0 aromatic rings. The third-order valence-electron chi connectivity index (χ3n) is 4.28. The highest BCUT2D eigenvalue weighted by atomic mass is 16.5. The summed E-state index contributed by atoms with van der Waals surface area (Å²) >= 11 is 0. The molecule has 1 aliphatic carbocycles. The first-order chi connectivity index (χ1) is 10.6. The van der Waals surface area contributed by atoms with Crippen molar-refractivity contribution in [2.45, 2.75) is 32.6 Å². The highest BCUT2D eigenvalue weighted by molar-refractivity contribution is 5.86. The Balaban J connectivity index is 2.29. The van der Waals surface area contributed by atoms with Crippen molar-refractivity contribution in [3.63, 3.8) is 0 Å². The quantitative estimate of drug-likeness (QED) is 0.419. The summed E-state index contributed by atoms with van der Waals surface area (Å²) in [5, 5.41) is 5.91. The van der Waals surface area contributed by atoms with Gasteiger partial charge in [0.1, 0.15) is 0 Å². The molecule has 0 aromatic heterocycles. The Kier molecular flexibility index (Phi) is 8.89. The number of rotatable bonds is 7. The van der Waals surface area contributed by atoms with Gasteiger partial charge in [-0.05, 0) is 24.7 Å². The molecule has 128 valence electrons. The Labute approximate surface area is 134 Å². The van der Waals surface area contributed by atoms with Crippen LogP contribution in [0, 0.1) is 11.8 Å². The van der Waals surface area contributed by atoms with Gasteiger partial charge in [-0.2, -0.15) is 0 Å². The fourth-order valence-corrected chi connectivity index (χ4v) is 2.88. The number of ether oxygens (including phenoxy) is 1. The Morgan fingerprint density at radius 1 is 1.27 bits per heavy atom. The summed E-state index contributed by atoms with van der Waals surface area (Å²) in [7, 11) is 5.41. The van der Waals surface area contributed by atoms with Gasteiger partial charge in [0, 0.05) is 34.3 Å². The molecule has 0 aromatic carbocycles. The predicted octanol–water partition coefficient (Wildman–Crippen LogP) is 1.08. The molecule has 0 spiro atoms. The zero-order chi connectivity index (χ0) is 16.4. The lowest BCUT2D eigenvalue weighted by atomic mass is 9.83. The van der Waals surface area contributed by atoms with E-state index in [9.17, 15) is 4.79 Å². The van der Waals surface area contributed by atoms with Crippen molar-refractivity contribution in [2.24, 2.45) is 16.8 Å². The number of methoxy groups -OCH3 is 1. The van der Waals surface area contributed by atoms with Crippen LogP contribution < -0.4 is 10.6 Å². The van der Waals surface area contributed by atoms with Crippen LogP contribution in [-0.2, 0) is 9.53 Å². The number of hydrogen-bond donors (Lipinski definition) is 2. The van der Waals surface area contributed by atoms with Crippen LogP contribution >= 0.6 is 0 Å². The largest absolute Gasteiger partial charge is 0.383 e. The lowest BCUT2D eigenvalue weighted by molar-refractivity contribution is -0.120. The maximum Gasteiger partial charge on any atom is 0.239 e. The summed E-state index contributed by atoms with van der Waals surface area (Å²) < 4.78 is 4.90. The number of amides is 1. The molecule has 1 saturated carbocycles. The number of guanidine groups is 1. The van der Waals surface area contributed by atoms with Gasteiger partial charge in [-0.15, -0.1) is 0 Å². The van der Waals surface area contributed by atoms with Crippen LogP contribution in [-0.4, -0.2) is 64.2 Å². The van der Waals surface area contributed by atoms with Crippen molar-refractivity contribution in [3.05, 3.63) is 0 Å². The number of carbonyl (C=O) groups is 1. The van der Waals surface area contributed by atoms with E-state index in [1.807, 2.05) is 7.05 Å². The average molecular weight is 312 g/mol. The summed E-state index contributed by atoms with van der Waals surface area (Å²) in [6.45, 7) is 4.63. The van der Waals surface area contributed by atoms with Crippen LogP contribution in [0.4, 0.5) is 0 Å². The highest BCUT2D eigenvalue weighted by Crippen LogP contribution is 2.28. The van der Waals surface area contributed by atoms with Gasteiger partial charge in [0.2, 0.25) is 5.91 Å². The van der Waals surface area contributed by atoms with Crippen LogP contribution in [0.15, 0.2) is 4.99 Å². The maximum absolute atomic E-state index is 11.7. The number of aliphatic imine (C=N–C) groups is 1. The van der Waals surface area contributed by atoms with E-state index in [-0.39, 0.29) is 12.5 Å². The number of nitrogens with one attached hydrogen (secondary N) is 2. The van der Waals surface area contributed by atoms with E-state index in [0.717, 1.165) is 24.3 Å². The molecule has 0 unspecified atom stereocenters. The van der Waals surface area contributed by atoms with Crippen molar-refractivity contribution in [1.29, 1.82) is 0 Å². The topological polar surface area (TPSA) is 66.0 Å². The van der Waals surface area contributed by atoms with Crippen LogP contribution in [0.3, 0.4) is 0 Å². The zero-order valence-corrected chi connectivity index (χ0v) is 14.5. The molecule has 1 rings (SSSR count). The van der Waals surface area contributed by atoms with Crippen LogP contribution in [0.5, 0.6) is 0 Å². The molecule has 0 atom stereocenters. The molecule has 1 aliphatic rings. The van der Waals surface area contributed by atoms with E-state index >= 15 is 0 Å². The first-order valence-corrected chi connectivity index (χ1v) is 8.24. The van der Waals surface area contributed by atoms with Crippen molar-refractivity contribution >= 4 is 11.9 Å². The second-order valence-corrected chi connectivity index (χ2v) is 6.25. The van der Waals surface area contributed by atoms with Gasteiger partial charge < -0.3 is 20.3 Å². The Morgan fingerprint density at radius 3 is 2.55 bits per heavy atom. The summed E-state index contributed by atoms with van der Waals surface area (Å²) in [4.78, 5) is 18.1. The van der Waals surface area contributed by atoms with Crippen LogP contribution in [0.25, 0.3) is 0 Å². The molecule has 0 aliphatic heterocycles. The van der Waals surface area contributed by atoms with Crippen molar-refractivity contribution in [2.75, 3.05) is 47.4 Å². The summed E-state index contributed by atoms with van der Waals surface area (Å²) in [5.41, 5.74) is 0. The minimum atomic E-state index is -0.0434. The first kappa shape index (κ1) is 18.7. The average Bonchev–Trinajstić information content (AvgIpc) is 2.50. The number of hydrogen-bond acceptors (Lipinski definition) is 3. The number of nitrogens with zero attached hydrogens (tertiary/aromatic N) is 2. The molecule has 0 bridgehead atoms. The van der Waals surface area contributed by atoms with Gasteiger partial charge in [0.25, 0.3) is 0 Å². The smallest absolute Gasteiger partial charge is 0.239 e.